The van der Waals surface area contributed by atoms with Crippen LogP contribution in [0.3, 0.4) is 0 Å². The fourth-order valence-electron chi connectivity index (χ4n) is 3.37. The quantitative estimate of drug-likeness (QED) is 0.893. The molecule has 126 valence electrons. The molecule has 1 aromatic rings. The predicted molar refractivity (Wildman–Crippen MR) is 86.9 cm³/mol. The van der Waals surface area contributed by atoms with Gasteiger partial charge in [0.2, 0.25) is 0 Å². The Morgan fingerprint density at radius 2 is 2.00 bits per heavy atom. The van der Waals surface area contributed by atoms with Crippen LogP contribution < -0.4 is 10.2 Å². The van der Waals surface area contributed by atoms with Gasteiger partial charge in [-0.2, -0.15) is 0 Å². The molecule has 3 rings (SSSR count). The number of likely N-dealkylation sites (tertiary alicyclic amines) is 1. The van der Waals surface area contributed by atoms with E-state index in [1.54, 1.807) is 17.0 Å². The number of nitrogens with zero attached hydrogens (tertiary/aromatic N) is 2. The number of carbonyl (C=O) groups is 1. The topological polar surface area (TPSA) is 55.8 Å². The minimum Gasteiger partial charge on any atom is -0.391 e. The van der Waals surface area contributed by atoms with Crippen molar-refractivity contribution in [3.63, 3.8) is 0 Å². The van der Waals surface area contributed by atoms with Crippen molar-refractivity contribution in [2.24, 2.45) is 5.92 Å². The van der Waals surface area contributed by atoms with E-state index in [1.807, 2.05) is 0 Å². The number of nitrogens with one attached hydrogen (secondary N) is 1. The van der Waals surface area contributed by atoms with Crippen LogP contribution in [0.15, 0.2) is 24.3 Å². The monoisotopic (exact) mass is 321 g/mol. The van der Waals surface area contributed by atoms with E-state index in [2.05, 4.69) is 10.2 Å². The van der Waals surface area contributed by atoms with Gasteiger partial charge in [-0.05, 0) is 49.4 Å². The highest BCUT2D eigenvalue weighted by atomic mass is 19.1. The SMILES string of the molecule is O=C(NC[C@@H]1CCN(c2ccc(F)cc2)C1)N1CCC[C@@H](O)C1. The Morgan fingerprint density at radius 1 is 1.22 bits per heavy atom. The maximum Gasteiger partial charge on any atom is 0.317 e. The Bertz CT molecular complexity index is 537. The number of piperidine rings is 1. The van der Waals surface area contributed by atoms with E-state index in [1.165, 1.54) is 12.1 Å². The molecule has 23 heavy (non-hydrogen) atoms. The van der Waals surface area contributed by atoms with E-state index >= 15 is 0 Å². The third-order valence-corrected chi connectivity index (χ3v) is 4.70. The molecule has 0 spiro atoms. The fourth-order valence-corrected chi connectivity index (χ4v) is 3.37. The van der Waals surface area contributed by atoms with E-state index in [0.29, 0.717) is 19.0 Å². The first kappa shape index (κ1) is 16.1. The van der Waals surface area contributed by atoms with Crippen molar-refractivity contribution in [2.45, 2.75) is 25.4 Å². The second-order valence-electron chi connectivity index (χ2n) is 6.51. The number of urea groups is 1. The lowest BCUT2D eigenvalue weighted by atomic mass is 10.1. The van der Waals surface area contributed by atoms with Gasteiger partial charge in [0.05, 0.1) is 6.10 Å². The number of β-amino-alcohol motifs (C(OH)–C–C–N with tert-alkyl or cyclic N) is 1. The number of aliphatic hydroxyl groups excluding tert-OH is 1. The Hall–Kier alpha value is -1.82. The summed E-state index contributed by atoms with van der Waals surface area (Å²) < 4.78 is 13.0. The van der Waals surface area contributed by atoms with Crippen molar-refractivity contribution in [1.82, 2.24) is 10.2 Å². The van der Waals surface area contributed by atoms with Crippen molar-refractivity contribution >= 4 is 11.7 Å². The molecule has 0 bridgehead atoms. The van der Waals surface area contributed by atoms with Crippen LogP contribution in [0, 0.1) is 11.7 Å². The molecule has 2 saturated heterocycles. The van der Waals surface area contributed by atoms with Crippen molar-refractivity contribution < 1.29 is 14.3 Å². The van der Waals surface area contributed by atoms with Gasteiger partial charge in [-0.25, -0.2) is 9.18 Å². The van der Waals surface area contributed by atoms with Crippen molar-refractivity contribution in [3.8, 4) is 0 Å². The van der Waals surface area contributed by atoms with Crippen molar-refractivity contribution in [1.29, 1.82) is 0 Å². The molecule has 2 heterocycles. The molecule has 2 aliphatic heterocycles. The zero-order chi connectivity index (χ0) is 16.2. The molecule has 1 aromatic carbocycles. The van der Waals surface area contributed by atoms with Gasteiger partial charge in [-0.15, -0.1) is 0 Å². The first-order chi connectivity index (χ1) is 11.1. The van der Waals surface area contributed by atoms with E-state index in [0.717, 1.165) is 44.6 Å². The zero-order valence-corrected chi connectivity index (χ0v) is 13.2. The first-order valence-electron chi connectivity index (χ1n) is 8.33. The normalized spacial score (nSPS) is 24.8. The lowest BCUT2D eigenvalue weighted by Crippen LogP contribution is -2.48. The summed E-state index contributed by atoms with van der Waals surface area (Å²) in [7, 11) is 0. The van der Waals surface area contributed by atoms with Gasteiger partial charge in [0, 0.05) is 38.4 Å². The van der Waals surface area contributed by atoms with E-state index in [9.17, 15) is 14.3 Å². The van der Waals surface area contributed by atoms with E-state index < -0.39 is 6.10 Å². The first-order valence-corrected chi connectivity index (χ1v) is 8.33. The molecule has 0 unspecified atom stereocenters. The Balaban J connectivity index is 1.45. The minimum atomic E-state index is -0.394. The lowest BCUT2D eigenvalue weighted by molar-refractivity contribution is 0.0840. The number of halogens is 1. The highest BCUT2D eigenvalue weighted by Gasteiger charge is 2.25. The predicted octanol–water partition coefficient (Wildman–Crippen LogP) is 1.82. The van der Waals surface area contributed by atoms with Gasteiger partial charge in [-0.3, -0.25) is 0 Å². The maximum atomic E-state index is 13.0. The molecule has 0 saturated carbocycles. The van der Waals surface area contributed by atoms with Crippen LogP contribution in [-0.2, 0) is 0 Å². The van der Waals surface area contributed by atoms with Crippen molar-refractivity contribution in [2.75, 3.05) is 37.6 Å². The molecular formula is C17H24FN3O2. The molecule has 6 heteroatoms. The molecule has 0 aliphatic carbocycles. The van der Waals surface area contributed by atoms with Gasteiger partial charge in [0.25, 0.3) is 0 Å². The van der Waals surface area contributed by atoms with Crippen LogP contribution in [-0.4, -0.2) is 54.9 Å². The fraction of sp³-hybridized carbons (Fsp3) is 0.588. The zero-order valence-electron chi connectivity index (χ0n) is 13.2. The number of carbonyl (C=O) groups excluding carboxylic acids is 1. The molecule has 2 aliphatic rings. The number of aliphatic hydroxyl groups is 1. The molecule has 2 atom stereocenters. The molecule has 5 nitrogen and oxygen atoms in total. The Kier molecular flexibility index (Phi) is 5.00. The summed E-state index contributed by atoms with van der Waals surface area (Å²) in [5.41, 5.74) is 1.03. The summed E-state index contributed by atoms with van der Waals surface area (Å²) in [6, 6.07) is 6.47. The number of hydrogen-bond donors (Lipinski definition) is 2. The smallest absolute Gasteiger partial charge is 0.317 e. The number of hydrogen-bond acceptors (Lipinski definition) is 3. The number of rotatable bonds is 3. The summed E-state index contributed by atoms with van der Waals surface area (Å²) >= 11 is 0. The van der Waals surface area contributed by atoms with Crippen LogP contribution >= 0.6 is 0 Å². The second-order valence-corrected chi connectivity index (χ2v) is 6.51. The summed E-state index contributed by atoms with van der Waals surface area (Å²) in [5, 5.41) is 12.6. The number of amides is 2. The summed E-state index contributed by atoms with van der Waals surface area (Å²) in [4.78, 5) is 16.1. The molecule has 0 aromatic heterocycles. The van der Waals surface area contributed by atoms with E-state index in [4.69, 9.17) is 0 Å². The highest BCUT2D eigenvalue weighted by Crippen LogP contribution is 2.23. The van der Waals surface area contributed by atoms with E-state index in [-0.39, 0.29) is 11.8 Å². The Morgan fingerprint density at radius 3 is 2.74 bits per heavy atom. The van der Waals surface area contributed by atoms with Gasteiger partial charge >= 0.3 is 6.03 Å². The highest BCUT2D eigenvalue weighted by molar-refractivity contribution is 5.74. The van der Waals surface area contributed by atoms with Crippen LogP contribution in [0.5, 0.6) is 0 Å². The molecule has 2 fully saturated rings. The largest absolute Gasteiger partial charge is 0.391 e. The molecule has 2 amide bonds. The summed E-state index contributed by atoms with van der Waals surface area (Å²) in [6.07, 6.45) is 2.25. The van der Waals surface area contributed by atoms with Crippen molar-refractivity contribution in [3.05, 3.63) is 30.1 Å². The third kappa shape index (κ3) is 4.13. The maximum absolute atomic E-state index is 13.0. The summed E-state index contributed by atoms with van der Waals surface area (Å²) in [5.74, 6) is 0.180. The lowest BCUT2D eigenvalue weighted by Gasteiger charge is -2.30. The van der Waals surface area contributed by atoms with Crippen LogP contribution in [0.4, 0.5) is 14.9 Å². The van der Waals surface area contributed by atoms with Crippen LogP contribution in [0.25, 0.3) is 0 Å². The molecular weight excluding hydrogens is 297 g/mol. The molecule has 2 N–H and O–H groups in total. The average Bonchev–Trinajstić information content (AvgIpc) is 3.02. The van der Waals surface area contributed by atoms with Gasteiger partial charge < -0.3 is 20.2 Å². The Labute approximate surface area is 136 Å². The van der Waals surface area contributed by atoms with Crippen LogP contribution in [0.2, 0.25) is 0 Å². The minimum absolute atomic E-state index is 0.0796. The number of anilines is 1. The van der Waals surface area contributed by atoms with Gasteiger partial charge in [0.15, 0.2) is 0 Å². The van der Waals surface area contributed by atoms with Gasteiger partial charge in [0.1, 0.15) is 5.82 Å². The standard InChI is InChI=1S/C17H24FN3O2/c18-14-3-5-15(6-4-14)20-9-7-13(11-20)10-19-17(23)21-8-1-2-16(22)12-21/h3-6,13,16,22H,1-2,7-12H2,(H,19,23)/t13-,16+/m0/s1. The number of benzene rings is 1. The summed E-state index contributed by atoms with van der Waals surface area (Å²) in [6.45, 7) is 3.58. The second kappa shape index (κ2) is 7.17. The average molecular weight is 321 g/mol. The third-order valence-electron chi connectivity index (χ3n) is 4.70. The van der Waals surface area contributed by atoms with Crippen LogP contribution in [0.1, 0.15) is 19.3 Å². The van der Waals surface area contributed by atoms with Gasteiger partial charge in [-0.1, -0.05) is 0 Å². The molecule has 0 radical (unpaired) electrons.